The number of aliphatic hydroxyl groups is 1. The van der Waals surface area contributed by atoms with E-state index in [-0.39, 0.29) is 11.5 Å². The number of nitrogens with zero attached hydrogens (tertiary/aromatic N) is 1. The average molecular weight is 193 g/mol. The highest BCUT2D eigenvalue weighted by molar-refractivity contribution is 5.52. The van der Waals surface area contributed by atoms with Gasteiger partial charge in [-0.3, -0.25) is 0 Å². The van der Waals surface area contributed by atoms with Crippen LogP contribution in [0.5, 0.6) is 11.5 Å². The topological polar surface area (TPSA) is 73.5 Å². The lowest BCUT2D eigenvalue weighted by molar-refractivity contribution is 0.193. The Bertz CT molecular complexity index is 380. The Morgan fingerprint density at radius 2 is 2.14 bits per heavy atom. The summed E-state index contributed by atoms with van der Waals surface area (Å²) >= 11 is 0. The van der Waals surface area contributed by atoms with Gasteiger partial charge in [0.05, 0.1) is 24.8 Å². The molecule has 14 heavy (non-hydrogen) atoms. The van der Waals surface area contributed by atoms with Gasteiger partial charge in [0.1, 0.15) is 0 Å². The Morgan fingerprint density at radius 1 is 1.50 bits per heavy atom. The van der Waals surface area contributed by atoms with Crippen LogP contribution in [0.15, 0.2) is 12.1 Å². The van der Waals surface area contributed by atoms with Crippen molar-refractivity contribution in [3.05, 3.63) is 23.3 Å². The van der Waals surface area contributed by atoms with Gasteiger partial charge in [0.15, 0.2) is 11.5 Å². The molecule has 0 aliphatic carbocycles. The monoisotopic (exact) mass is 193 g/mol. The van der Waals surface area contributed by atoms with Gasteiger partial charge >= 0.3 is 0 Å². The van der Waals surface area contributed by atoms with Crippen LogP contribution in [0, 0.1) is 11.3 Å². The van der Waals surface area contributed by atoms with E-state index in [1.54, 1.807) is 0 Å². The number of aromatic hydroxyl groups is 1. The fourth-order valence-corrected chi connectivity index (χ4v) is 1.17. The zero-order chi connectivity index (χ0) is 10.7. The summed E-state index contributed by atoms with van der Waals surface area (Å²) < 4.78 is 4.87. The summed E-state index contributed by atoms with van der Waals surface area (Å²) in [5, 5.41) is 27.6. The molecule has 0 saturated carbocycles. The van der Waals surface area contributed by atoms with E-state index in [0.29, 0.717) is 11.1 Å². The van der Waals surface area contributed by atoms with Gasteiger partial charge in [-0.2, -0.15) is 5.26 Å². The van der Waals surface area contributed by atoms with Crippen LogP contribution in [0.2, 0.25) is 0 Å². The van der Waals surface area contributed by atoms with E-state index in [9.17, 15) is 10.2 Å². The Hall–Kier alpha value is -1.73. The van der Waals surface area contributed by atoms with Crippen LogP contribution in [0.4, 0.5) is 0 Å². The Labute approximate surface area is 82.0 Å². The van der Waals surface area contributed by atoms with Crippen molar-refractivity contribution in [2.75, 3.05) is 7.11 Å². The second kappa shape index (κ2) is 3.99. The number of rotatable bonds is 2. The predicted molar refractivity (Wildman–Crippen MR) is 50.0 cm³/mol. The smallest absolute Gasteiger partial charge is 0.163 e. The molecule has 0 aliphatic rings. The molecule has 0 spiro atoms. The number of aliphatic hydroxyl groups excluding tert-OH is 1. The number of phenolic OH excluding ortho intramolecular Hbond substituents is 1. The number of methoxy groups -OCH3 is 1. The van der Waals surface area contributed by atoms with Crippen LogP contribution in [-0.4, -0.2) is 17.3 Å². The van der Waals surface area contributed by atoms with E-state index in [4.69, 9.17) is 10.00 Å². The summed E-state index contributed by atoms with van der Waals surface area (Å²) in [6.07, 6.45) is -0.836. The summed E-state index contributed by atoms with van der Waals surface area (Å²) in [5.41, 5.74) is 0.636. The molecule has 1 aromatic carbocycles. The van der Waals surface area contributed by atoms with Crippen molar-refractivity contribution in [2.24, 2.45) is 0 Å². The maximum atomic E-state index is 9.58. The third-order valence-corrected chi connectivity index (χ3v) is 1.90. The molecule has 0 bridgehead atoms. The van der Waals surface area contributed by atoms with Gasteiger partial charge in [0, 0.05) is 11.6 Å². The first kappa shape index (κ1) is 10.4. The van der Waals surface area contributed by atoms with Crippen LogP contribution in [0.1, 0.15) is 24.2 Å². The minimum atomic E-state index is -0.836. The van der Waals surface area contributed by atoms with Gasteiger partial charge in [0.2, 0.25) is 0 Å². The lowest BCUT2D eigenvalue weighted by Gasteiger charge is -2.11. The van der Waals surface area contributed by atoms with E-state index < -0.39 is 6.10 Å². The van der Waals surface area contributed by atoms with E-state index in [1.807, 2.05) is 6.07 Å². The fraction of sp³-hybridized carbons (Fsp3) is 0.300. The summed E-state index contributed by atoms with van der Waals surface area (Å²) in [4.78, 5) is 0. The van der Waals surface area contributed by atoms with Crippen molar-refractivity contribution in [2.45, 2.75) is 13.0 Å². The van der Waals surface area contributed by atoms with Gasteiger partial charge < -0.3 is 14.9 Å². The highest BCUT2D eigenvalue weighted by Crippen LogP contribution is 2.34. The largest absolute Gasteiger partial charge is 0.504 e. The quantitative estimate of drug-likeness (QED) is 0.743. The number of ether oxygens (including phenoxy) is 1. The van der Waals surface area contributed by atoms with Crippen molar-refractivity contribution >= 4 is 0 Å². The first-order valence-electron chi connectivity index (χ1n) is 4.09. The van der Waals surface area contributed by atoms with Gasteiger partial charge in [-0.05, 0) is 13.0 Å². The van der Waals surface area contributed by atoms with Crippen LogP contribution in [0.25, 0.3) is 0 Å². The molecule has 1 aromatic rings. The lowest BCUT2D eigenvalue weighted by atomic mass is 10.1. The first-order valence-corrected chi connectivity index (χ1v) is 4.09. The van der Waals surface area contributed by atoms with Crippen LogP contribution >= 0.6 is 0 Å². The third kappa shape index (κ3) is 1.78. The summed E-state index contributed by atoms with van der Waals surface area (Å²) in [6.45, 7) is 1.51. The van der Waals surface area contributed by atoms with E-state index in [2.05, 4.69) is 0 Å². The second-order valence-electron chi connectivity index (χ2n) is 2.90. The molecule has 0 amide bonds. The SMILES string of the molecule is COc1cc(C#N)cc(C(C)O)c1O. The molecule has 0 saturated heterocycles. The summed E-state index contributed by atoms with van der Waals surface area (Å²) in [7, 11) is 1.39. The predicted octanol–water partition coefficient (Wildman–Crippen LogP) is 1.33. The van der Waals surface area contributed by atoms with Crippen molar-refractivity contribution in [3.8, 4) is 17.6 Å². The molecular formula is C10H11NO3. The Balaban J connectivity index is 3.36. The van der Waals surface area contributed by atoms with Crippen LogP contribution in [0.3, 0.4) is 0 Å². The molecule has 0 heterocycles. The minimum absolute atomic E-state index is 0.124. The Kier molecular flexibility index (Phi) is 2.95. The molecule has 4 heteroatoms. The molecule has 0 radical (unpaired) electrons. The highest BCUT2D eigenvalue weighted by atomic mass is 16.5. The molecule has 2 N–H and O–H groups in total. The molecule has 74 valence electrons. The van der Waals surface area contributed by atoms with E-state index >= 15 is 0 Å². The molecule has 1 atom stereocenters. The molecule has 0 aliphatic heterocycles. The highest BCUT2D eigenvalue weighted by Gasteiger charge is 2.13. The van der Waals surface area contributed by atoms with Crippen LogP contribution < -0.4 is 4.74 Å². The standard InChI is InChI=1S/C10H11NO3/c1-6(12)8-3-7(5-11)4-9(14-2)10(8)13/h3-4,6,12-13H,1-2H3. The van der Waals surface area contributed by atoms with E-state index in [0.717, 1.165) is 0 Å². The fourth-order valence-electron chi connectivity index (χ4n) is 1.17. The van der Waals surface area contributed by atoms with Gasteiger partial charge in [-0.25, -0.2) is 0 Å². The molecule has 1 rings (SSSR count). The van der Waals surface area contributed by atoms with Crippen LogP contribution in [-0.2, 0) is 0 Å². The second-order valence-corrected chi connectivity index (χ2v) is 2.90. The average Bonchev–Trinajstić information content (AvgIpc) is 2.17. The molecule has 0 aromatic heterocycles. The van der Waals surface area contributed by atoms with Gasteiger partial charge in [0.25, 0.3) is 0 Å². The van der Waals surface area contributed by atoms with Crippen molar-refractivity contribution in [3.63, 3.8) is 0 Å². The summed E-state index contributed by atoms with van der Waals surface area (Å²) in [6, 6.07) is 4.77. The zero-order valence-electron chi connectivity index (χ0n) is 7.98. The minimum Gasteiger partial charge on any atom is -0.504 e. The first-order chi connectivity index (χ1) is 6.60. The molecule has 0 fully saturated rings. The number of benzene rings is 1. The van der Waals surface area contributed by atoms with Crippen molar-refractivity contribution in [1.82, 2.24) is 0 Å². The molecular weight excluding hydrogens is 182 g/mol. The van der Waals surface area contributed by atoms with E-state index in [1.165, 1.54) is 26.2 Å². The number of hydrogen-bond donors (Lipinski definition) is 2. The third-order valence-electron chi connectivity index (χ3n) is 1.90. The molecule has 4 nitrogen and oxygen atoms in total. The number of phenols is 1. The number of nitriles is 1. The maximum Gasteiger partial charge on any atom is 0.163 e. The maximum absolute atomic E-state index is 9.58. The van der Waals surface area contributed by atoms with Gasteiger partial charge in [-0.15, -0.1) is 0 Å². The molecule has 1 unspecified atom stereocenters. The lowest BCUT2D eigenvalue weighted by Crippen LogP contribution is -1.95. The Morgan fingerprint density at radius 3 is 2.57 bits per heavy atom. The van der Waals surface area contributed by atoms with Gasteiger partial charge in [-0.1, -0.05) is 0 Å². The van der Waals surface area contributed by atoms with Crippen molar-refractivity contribution < 1.29 is 14.9 Å². The normalized spacial score (nSPS) is 11.9. The zero-order valence-corrected chi connectivity index (χ0v) is 7.98. The summed E-state index contributed by atoms with van der Waals surface area (Å²) in [5.74, 6) is 0.0708. The number of hydrogen-bond acceptors (Lipinski definition) is 4. The van der Waals surface area contributed by atoms with Crippen molar-refractivity contribution in [1.29, 1.82) is 5.26 Å².